The van der Waals surface area contributed by atoms with Gasteiger partial charge in [0.25, 0.3) is 0 Å². The molecule has 1 aliphatic rings. The molecule has 1 aliphatic heterocycles. The van der Waals surface area contributed by atoms with Crippen LogP contribution in [-0.4, -0.2) is 30.5 Å². The quantitative estimate of drug-likeness (QED) is 0.880. The fraction of sp³-hybridized carbons (Fsp3) is 0.545. The van der Waals surface area contributed by atoms with Gasteiger partial charge in [0.1, 0.15) is 5.82 Å². The van der Waals surface area contributed by atoms with Gasteiger partial charge in [-0.3, -0.25) is 0 Å². The van der Waals surface area contributed by atoms with Crippen LogP contribution >= 0.6 is 11.6 Å². The average molecular weight is 243 g/mol. The molecule has 0 aliphatic carbocycles. The highest BCUT2D eigenvalue weighted by atomic mass is 35.5. The van der Waals surface area contributed by atoms with Crippen molar-refractivity contribution in [3.63, 3.8) is 0 Å². The Morgan fingerprint density at radius 1 is 1.50 bits per heavy atom. The third-order valence-electron chi connectivity index (χ3n) is 2.53. The van der Waals surface area contributed by atoms with E-state index in [-0.39, 0.29) is 0 Å². The van der Waals surface area contributed by atoms with Crippen LogP contribution in [0.4, 0.5) is 5.82 Å². The zero-order chi connectivity index (χ0) is 11.4. The van der Waals surface area contributed by atoms with Crippen molar-refractivity contribution in [1.82, 2.24) is 4.98 Å². The van der Waals surface area contributed by atoms with E-state index in [9.17, 15) is 0 Å². The molecule has 0 spiro atoms. The third-order valence-corrected chi connectivity index (χ3v) is 2.83. The van der Waals surface area contributed by atoms with Gasteiger partial charge < -0.3 is 14.8 Å². The largest absolute Gasteiger partial charge is 0.369 e. The lowest BCUT2D eigenvalue weighted by Gasteiger charge is -2.22. The van der Waals surface area contributed by atoms with Gasteiger partial charge in [-0.1, -0.05) is 11.6 Å². The number of nitrogens with one attached hydrogen (secondary N) is 1. The standard InChI is InChI=1S/C11H15ClN2O2/c1-11(15-7-8-16-11)4-6-14-10-9(12)3-2-5-13-10/h2-3,5H,4,6-8H2,1H3,(H,13,14). The lowest BCUT2D eigenvalue weighted by molar-refractivity contribution is -0.144. The summed E-state index contributed by atoms with van der Waals surface area (Å²) in [6.07, 6.45) is 2.47. The minimum Gasteiger partial charge on any atom is -0.369 e. The van der Waals surface area contributed by atoms with E-state index < -0.39 is 5.79 Å². The van der Waals surface area contributed by atoms with Crippen molar-refractivity contribution >= 4 is 17.4 Å². The molecule has 1 aromatic rings. The molecule has 2 rings (SSSR count). The predicted octanol–water partition coefficient (Wildman–Crippen LogP) is 2.30. The van der Waals surface area contributed by atoms with Crippen molar-refractivity contribution in [1.29, 1.82) is 0 Å². The zero-order valence-electron chi connectivity index (χ0n) is 9.20. The number of hydrogen-bond donors (Lipinski definition) is 1. The van der Waals surface area contributed by atoms with Gasteiger partial charge in [0, 0.05) is 19.2 Å². The zero-order valence-corrected chi connectivity index (χ0v) is 9.96. The highest BCUT2D eigenvalue weighted by Gasteiger charge is 2.30. The maximum absolute atomic E-state index is 5.97. The first-order valence-corrected chi connectivity index (χ1v) is 5.70. The molecule has 0 radical (unpaired) electrons. The second kappa shape index (κ2) is 4.99. The van der Waals surface area contributed by atoms with Crippen molar-refractivity contribution in [3.05, 3.63) is 23.4 Å². The molecule has 16 heavy (non-hydrogen) atoms. The molecule has 0 bridgehead atoms. The first kappa shape index (κ1) is 11.6. The Hall–Kier alpha value is -0.840. The molecule has 88 valence electrons. The number of aromatic nitrogens is 1. The Labute approximate surface area is 99.9 Å². The number of pyridine rings is 1. The van der Waals surface area contributed by atoms with E-state index in [1.165, 1.54) is 0 Å². The van der Waals surface area contributed by atoms with E-state index in [1.54, 1.807) is 18.3 Å². The molecule has 4 nitrogen and oxygen atoms in total. The fourth-order valence-corrected chi connectivity index (χ4v) is 1.81. The lowest BCUT2D eigenvalue weighted by Crippen LogP contribution is -2.28. The maximum Gasteiger partial charge on any atom is 0.167 e. The number of nitrogens with zero attached hydrogens (tertiary/aromatic N) is 1. The van der Waals surface area contributed by atoms with Crippen LogP contribution in [0.15, 0.2) is 18.3 Å². The summed E-state index contributed by atoms with van der Waals surface area (Å²) >= 11 is 5.97. The lowest BCUT2D eigenvalue weighted by atomic mass is 10.2. The van der Waals surface area contributed by atoms with E-state index in [2.05, 4.69) is 10.3 Å². The summed E-state index contributed by atoms with van der Waals surface area (Å²) in [5.41, 5.74) is 0. The Kier molecular flexibility index (Phi) is 3.63. The molecule has 1 aromatic heterocycles. The van der Waals surface area contributed by atoms with E-state index in [0.717, 1.165) is 6.42 Å². The molecule has 0 atom stereocenters. The maximum atomic E-state index is 5.97. The van der Waals surface area contributed by atoms with Gasteiger partial charge in [0.2, 0.25) is 0 Å². The second-order valence-corrected chi connectivity index (χ2v) is 4.25. The first-order chi connectivity index (χ1) is 7.70. The molecule has 0 aromatic carbocycles. The molecular weight excluding hydrogens is 228 g/mol. The minimum absolute atomic E-state index is 0.464. The van der Waals surface area contributed by atoms with Crippen molar-refractivity contribution in [3.8, 4) is 0 Å². The highest BCUT2D eigenvalue weighted by molar-refractivity contribution is 6.32. The van der Waals surface area contributed by atoms with Crippen LogP contribution in [0.3, 0.4) is 0 Å². The van der Waals surface area contributed by atoms with E-state index in [0.29, 0.717) is 30.6 Å². The highest BCUT2D eigenvalue weighted by Crippen LogP contribution is 2.23. The second-order valence-electron chi connectivity index (χ2n) is 3.84. The normalized spacial score (nSPS) is 18.6. The van der Waals surface area contributed by atoms with Crippen LogP contribution in [0.1, 0.15) is 13.3 Å². The van der Waals surface area contributed by atoms with Crippen molar-refractivity contribution < 1.29 is 9.47 Å². The van der Waals surface area contributed by atoms with Gasteiger partial charge in [-0.05, 0) is 19.1 Å². The number of halogens is 1. The SMILES string of the molecule is CC1(CCNc2ncccc2Cl)OCCO1. The van der Waals surface area contributed by atoms with Crippen LogP contribution in [-0.2, 0) is 9.47 Å². The Morgan fingerprint density at radius 2 is 2.25 bits per heavy atom. The minimum atomic E-state index is -0.464. The van der Waals surface area contributed by atoms with Crippen LogP contribution in [0.5, 0.6) is 0 Å². The molecule has 0 saturated carbocycles. The number of ether oxygens (including phenoxy) is 2. The van der Waals surface area contributed by atoms with Crippen molar-refractivity contribution in [2.24, 2.45) is 0 Å². The number of hydrogen-bond acceptors (Lipinski definition) is 4. The summed E-state index contributed by atoms with van der Waals surface area (Å²) < 4.78 is 11.0. The molecule has 0 unspecified atom stereocenters. The van der Waals surface area contributed by atoms with Crippen molar-refractivity contribution in [2.45, 2.75) is 19.1 Å². The molecule has 1 saturated heterocycles. The van der Waals surface area contributed by atoms with Crippen LogP contribution in [0, 0.1) is 0 Å². The number of rotatable bonds is 4. The molecule has 5 heteroatoms. The van der Waals surface area contributed by atoms with E-state index in [4.69, 9.17) is 21.1 Å². The molecule has 1 fully saturated rings. The van der Waals surface area contributed by atoms with Crippen LogP contribution in [0.2, 0.25) is 5.02 Å². The Bertz CT molecular complexity index is 354. The topological polar surface area (TPSA) is 43.4 Å². The average Bonchev–Trinajstić information content (AvgIpc) is 2.68. The summed E-state index contributed by atoms with van der Waals surface area (Å²) in [6, 6.07) is 3.61. The summed E-state index contributed by atoms with van der Waals surface area (Å²) in [4.78, 5) is 4.14. The van der Waals surface area contributed by atoms with E-state index >= 15 is 0 Å². The fourth-order valence-electron chi connectivity index (χ4n) is 1.62. The molecule has 0 amide bonds. The predicted molar refractivity (Wildman–Crippen MR) is 62.7 cm³/mol. The van der Waals surface area contributed by atoms with Gasteiger partial charge in [-0.2, -0.15) is 0 Å². The third kappa shape index (κ3) is 2.84. The number of anilines is 1. The molecule has 1 N–H and O–H groups in total. The van der Waals surface area contributed by atoms with Gasteiger partial charge in [-0.25, -0.2) is 4.98 Å². The smallest absolute Gasteiger partial charge is 0.167 e. The van der Waals surface area contributed by atoms with E-state index in [1.807, 2.05) is 6.92 Å². The summed E-state index contributed by atoms with van der Waals surface area (Å²) in [7, 11) is 0. The molecule has 2 heterocycles. The van der Waals surface area contributed by atoms with Crippen molar-refractivity contribution in [2.75, 3.05) is 25.1 Å². The Morgan fingerprint density at radius 3 is 2.94 bits per heavy atom. The summed E-state index contributed by atoms with van der Waals surface area (Å²) in [5, 5.41) is 3.79. The van der Waals surface area contributed by atoms with Crippen LogP contribution in [0.25, 0.3) is 0 Å². The first-order valence-electron chi connectivity index (χ1n) is 5.32. The van der Waals surface area contributed by atoms with Gasteiger partial charge in [0.05, 0.1) is 18.2 Å². The summed E-state index contributed by atoms with van der Waals surface area (Å²) in [5.74, 6) is 0.236. The monoisotopic (exact) mass is 242 g/mol. The van der Waals surface area contributed by atoms with Gasteiger partial charge in [0.15, 0.2) is 5.79 Å². The molecular formula is C11H15ClN2O2. The van der Waals surface area contributed by atoms with Gasteiger partial charge in [-0.15, -0.1) is 0 Å². The summed E-state index contributed by atoms with van der Waals surface area (Å²) in [6.45, 7) is 4.00. The van der Waals surface area contributed by atoms with Gasteiger partial charge >= 0.3 is 0 Å². The Balaban J connectivity index is 1.82. The van der Waals surface area contributed by atoms with Crippen LogP contribution < -0.4 is 5.32 Å².